The molecule has 0 aliphatic heterocycles. The molecule has 0 saturated carbocycles. The SMILES string of the molecule is CCCCCCCCCCCCCCCCOC(C)[C@H](O)C(=O)SCC(CC)CCCC. The van der Waals surface area contributed by atoms with E-state index in [0.717, 1.165) is 18.6 Å². The highest BCUT2D eigenvalue weighted by molar-refractivity contribution is 8.13. The van der Waals surface area contributed by atoms with Crippen LogP contribution in [-0.4, -0.2) is 34.8 Å². The van der Waals surface area contributed by atoms with Crippen molar-refractivity contribution >= 4 is 16.9 Å². The Bertz CT molecular complexity index is 402. The quantitative estimate of drug-likeness (QED) is 0.143. The number of ether oxygens (including phenoxy) is 1. The molecule has 2 unspecified atom stereocenters. The zero-order valence-electron chi connectivity index (χ0n) is 22.0. The molecule has 0 amide bonds. The molecule has 0 radical (unpaired) electrons. The van der Waals surface area contributed by atoms with Crippen molar-refractivity contribution in [1.82, 2.24) is 0 Å². The van der Waals surface area contributed by atoms with Crippen LogP contribution in [0.5, 0.6) is 0 Å². The molecule has 192 valence electrons. The van der Waals surface area contributed by atoms with Gasteiger partial charge in [0.05, 0.1) is 6.10 Å². The van der Waals surface area contributed by atoms with Gasteiger partial charge in [-0.1, -0.05) is 135 Å². The fourth-order valence-corrected chi connectivity index (χ4v) is 5.20. The molecule has 0 fully saturated rings. The van der Waals surface area contributed by atoms with Gasteiger partial charge >= 0.3 is 0 Å². The monoisotopic (exact) mass is 472 g/mol. The van der Waals surface area contributed by atoms with Gasteiger partial charge in [-0.05, 0) is 25.7 Å². The minimum atomic E-state index is -1.00. The van der Waals surface area contributed by atoms with Crippen LogP contribution in [0.25, 0.3) is 0 Å². The molecule has 0 aromatic carbocycles. The van der Waals surface area contributed by atoms with E-state index in [1.807, 2.05) is 6.92 Å². The van der Waals surface area contributed by atoms with E-state index in [2.05, 4.69) is 20.8 Å². The smallest absolute Gasteiger partial charge is 0.220 e. The summed E-state index contributed by atoms with van der Waals surface area (Å²) in [7, 11) is 0. The Morgan fingerprint density at radius 1 is 0.750 bits per heavy atom. The lowest BCUT2D eigenvalue weighted by Gasteiger charge is -2.19. The minimum Gasteiger partial charge on any atom is -0.382 e. The number of carbonyl (C=O) groups excluding carboxylic acids is 1. The molecule has 0 aromatic heterocycles. The molecule has 3 nitrogen and oxygen atoms in total. The predicted molar refractivity (Wildman–Crippen MR) is 143 cm³/mol. The first-order valence-corrected chi connectivity index (χ1v) is 15.0. The van der Waals surface area contributed by atoms with E-state index in [1.165, 1.54) is 114 Å². The highest BCUT2D eigenvalue weighted by Crippen LogP contribution is 2.21. The molecule has 0 spiro atoms. The summed E-state index contributed by atoms with van der Waals surface area (Å²) in [5.41, 5.74) is 0. The van der Waals surface area contributed by atoms with Crippen molar-refractivity contribution in [3.8, 4) is 0 Å². The first kappa shape index (κ1) is 31.9. The van der Waals surface area contributed by atoms with Gasteiger partial charge in [-0.15, -0.1) is 0 Å². The molecule has 4 heteroatoms. The third-order valence-corrected chi connectivity index (χ3v) is 7.73. The zero-order chi connectivity index (χ0) is 23.9. The second-order valence-electron chi connectivity index (χ2n) is 9.66. The van der Waals surface area contributed by atoms with E-state index in [1.54, 1.807) is 0 Å². The number of aliphatic hydroxyl groups is 1. The van der Waals surface area contributed by atoms with Gasteiger partial charge in [0.1, 0.15) is 6.10 Å². The van der Waals surface area contributed by atoms with Crippen LogP contribution in [0.2, 0.25) is 0 Å². The molecule has 0 rings (SSSR count). The third kappa shape index (κ3) is 19.4. The minimum absolute atomic E-state index is 0.131. The summed E-state index contributed by atoms with van der Waals surface area (Å²) < 4.78 is 5.75. The first-order chi connectivity index (χ1) is 15.6. The highest BCUT2D eigenvalue weighted by atomic mass is 32.2. The van der Waals surface area contributed by atoms with Crippen molar-refractivity contribution in [2.45, 2.75) is 155 Å². The number of carbonyl (C=O) groups is 1. The maximum atomic E-state index is 12.3. The molecular formula is C28H56O3S. The summed E-state index contributed by atoms with van der Waals surface area (Å²) in [5, 5.41) is 10.1. The Labute approximate surface area is 205 Å². The first-order valence-electron chi connectivity index (χ1n) is 14.0. The number of aliphatic hydroxyl groups excluding tert-OH is 1. The summed E-state index contributed by atoms with van der Waals surface area (Å²) >= 11 is 1.29. The van der Waals surface area contributed by atoms with Gasteiger partial charge in [0, 0.05) is 12.4 Å². The molecular weight excluding hydrogens is 416 g/mol. The number of rotatable bonds is 24. The third-order valence-electron chi connectivity index (χ3n) is 6.57. The van der Waals surface area contributed by atoms with Gasteiger partial charge < -0.3 is 9.84 Å². The molecule has 0 aliphatic carbocycles. The average Bonchev–Trinajstić information content (AvgIpc) is 2.80. The van der Waals surface area contributed by atoms with Crippen LogP contribution >= 0.6 is 11.8 Å². The van der Waals surface area contributed by atoms with E-state index in [9.17, 15) is 9.90 Å². The van der Waals surface area contributed by atoms with Crippen molar-refractivity contribution in [2.24, 2.45) is 5.92 Å². The number of thioether (sulfide) groups is 1. The van der Waals surface area contributed by atoms with Crippen LogP contribution in [0.3, 0.4) is 0 Å². The van der Waals surface area contributed by atoms with Crippen LogP contribution in [0.1, 0.15) is 143 Å². The standard InChI is InChI=1S/C28H56O3S/c1-5-8-10-11-12-13-14-15-16-17-18-19-20-21-23-31-25(4)27(29)28(30)32-24-26(7-3)22-9-6-2/h25-27,29H,5-24H2,1-4H3/t25?,26?,27-/m0/s1. The Morgan fingerprint density at radius 2 is 1.22 bits per heavy atom. The van der Waals surface area contributed by atoms with Gasteiger partial charge in [-0.3, -0.25) is 4.79 Å². The van der Waals surface area contributed by atoms with Crippen molar-refractivity contribution in [2.75, 3.05) is 12.4 Å². The van der Waals surface area contributed by atoms with Crippen LogP contribution in [-0.2, 0) is 9.53 Å². The number of unbranched alkanes of at least 4 members (excludes halogenated alkanes) is 14. The summed E-state index contributed by atoms with van der Waals surface area (Å²) in [6.45, 7) is 9.12. The van der Waals surface area contributed by atoms with Crippen LogP contribution in [0.4, 0.5) is 0 Å². The summed E-state index contributed by atoms with van der Waals surface area (Å²) in [6, 6.07) is 0. The Balaban J connectivity index is 3.55. The molecule has 0 aliphatic rings. The fraction of sp³-hybridized carbons (Fsp3) is 0.964. The largest absolute Gasteiger partial charge is 0.382 e. The fourth-order valence-electron chi connectivity index (χ4n) is 4.03. The van der Waals surface area contributed by atoms with Crippen LogP contribution in [0, 0.1) is 5.92 Å². The normalized spacial score (nSPS) is 14.4. The predicted octanol–water partition coefficient (Wildman–Crippen LogP) is 8.71. The van der Waals surface area contributed by atoms with E-state index in [4.69, 9.17) is 4.74 Å². The van der Waals surface area contributed by atoms with Gasteiger partial charge in [0.25, 0.3) is 0 Å². The van der Waals surface area contributed by atoms with Crippen molar-refractivity contribution in [3.05, 3.63) is 0 Å². The van der Waals surface area contributed by atoms with Crippen molar-refractivity contribution < 1.29 is 14.6 Å². The second kappa shape index (κ2) is 24.1. The summed E-state index contributed by atoms with van der Waals surface area (Å²) in [5.74, 6) is 1.39. The van der Waals surface area contributed by atoms with Crippen molar-refractivity contribution in [1.29, 1.82) is 0 Å². The number of hydrogen-bond acceptors (Lipinski definition) is 4. The Morgan fingerprint density at radius 3 is 1.69 bits per heavy atom. The second-order valence-corrected chi connectivity index (χ2v) is 10.7. The van der Waals surface area contributed by atoms with Gasteiger partial charge in [-0.25, -0.2) is 0 Å². The molecule has 3 atom stereocenters. The molecule has 0 aromatic rings. The summed E-state index contributed by atoms with van der Waals surface area (Å²) in [6.07, 6.45) is 22.0. The Hall–Kier alpha value is -0.0600. The van der Waals surface area contributed by atoms with E-state index < -0.39 is 12.2 Å². The molecule has 32 heavy (non-hydrogen) atoms. The summed E-state index contributed by atoms with van der Waals surface area (Å²) in [4.78, 5) is 12.3. The molecule has 0 bridgehead atoms. The molecule has 0 heterocycles. The van der Waals surface area contributed by atoms with Gasteiger partial charge in [0.2, 0.25) is 5.12 Å². The van der Waals surface area contributed by atoms with E-state index in [0.29, 0.717) is 12.5 Å². The lowest BCUT2D eigenvalue weighted by molar-refractivity contribution is -0.125. The topological polar surface area (TPSA) is 46.5 Å². The lowest BCUT2D eigenvalue weighted by atomic mass is 10.0. The van der Waals surface area contributed by atoms with E-state index in [-0.39, 0.29) is 5.12 Å². The maximum Gasteiger partial charge on any atom is 0.220 e. The van der Waals surface area contributed by atoms with E-state index >= 15 is 0 Å². The van der Waals surface area contributed by atoms with Crippen molar-refractivity contribution in [3.63, 3.8) is 0 Å². The molecule has 0 saturated heterocycles. The number of hydrogen-bond donors (Lipinski definition) is 1. The van der Waals surface area contributed by atoms with Gasteiger partial charge in [0.15, 0.2) is 0 Å². The Kier molecular flexibility index (Phi) is 24.0. The highest BCUT2D eigenvalue weighted by Gasteiger charge is 2.24. The molecule has 1 N–H and O–H groups in total. The van der Waals surface area contributed by atoms with Crippen LogP contribution in [0.15, 0.2) is 0 Å². The maximum absolute atomic E-state index is 12.3. The van der Waals surface area contributed by atoms with Crippen LogP contribution < -0.4 is 0 Å². The van der Waals surface area contributed by atoms with Gasteiger partial charge in [-0.2, -0.15) is 0 Å². The zero-order valence-corrected chi connectivity index (χ0v) is 22.9. The average molecular weight is 473 g/mol. The lowest BCUT2D eigenvalue weighted by Crippen LogP contribution is -2.33.